The van der Waals surface area contributed by atoms with Crippen LogP contribution in [0.1, 0.15) is 10.6 Å². The zero-order valence-corrected chi connectivity index (χ0v) is 11.4. The lowest BCUT2D eigenvalue weighted by molar-refractivity contribution is 0.411. The summed E-state index contributed by atoms with van der Waals surface area (Å²) in [5.41, 5.74) is 5.93. The Labute approximate surface area is 113 Å². The summed E-state index contributed by atoms with van der Waals surface area (Å²) in [7, 11) is -3.58. The second-order valence-electron chi connectivity index (χ2n) is 3.30. The van der Waals surface area contributed by atoms with Crippen LogP contribution < -0.4 is 10.5 Å². The Bertz CT molecular complexity index is 646. The SMILES string of the molecule is NC(=S)c1ccc(S(=O)(=O)NCc2ccon2)s1. The van der Waals surface area contributed by atoms with Gasteiger partial charge in [0.25, 0.3) is 0 Å². The highest BCUT2D eigenvalue weighted by Gasteiger charge is 2.17. The van der Waals surface area contributed by atoms with E-state index in [0.29, 0.717) is 10.6 Å². The van der Waals surface area contributed by atoms with E-state index in [4.69, 9.17) is 18.0 Å². The van der Waals surface area contributed by atoms with Crippen molar-refractivity contribution in [1.82, 2.24) is 9.88 Å². The fraction of sp³-hybridized carbons (Fsp3) is 0.111. The van der Waals surface area contributed by atoms with Crippen molar-refractivity contribution in [3.05, 3.63) is 35.0 Å². The molecule has 0 aliphatic carbocycles. The number of nitrogens with two attached hydrogens (primary N) is 1. The molecule has 0 radical (unpaired) electrons. The molecule has 0 aliphatic rings. The summed E-state index contributed by atoms with van der Waals surface area (Å²) in [5, 5.41) is 3.61. The Morgan fingerprint density at radius 1 is 1.50 bits per heavy atom. The standard InChI is InChI=1S/C9H9N3O3S3/c10-9(16)7-1-2-8(17-7)18(13,14)11-5-6-3-4-15-12-6/h1-4,11H,5H2,(H2,10,16). The van der Waals surface area contributed by atoms with Crippen LogP contribution in [0.5, 0.6) is 0 Å². The number of hydrogen-bond acceptors (Lipinski definition) is 6. The lowest BCUT2D eigenvalue weighted by Gasteiger charge is -2.01. The fourth-order valence-electron chi connectivity index (χ4n) is 1.17. The molecule has 2 aromatic rings. The van der Waals surface area contributed by atoms with Gasteiger partial charge in [0.05, 0.1) is 17.1 Å². The molecule has 0 fully saturated rings. The second kappa shape index (κ2) is 5.14. The first-order valence-corrected chi connectivity index (χ1v) is 7.48. The van der Waals surface area contributed by atoms with Crippen molar-refractivity contribution in [3.63, 3.8) is 0 Å². The molecule has 0 saturated carbocycles. The molecule has 18 heavy (non-hydrogen) atoms. The van der Waals surface area contributed by atoms with Gasteiger partial charge in [-0.1, -0.05) is 17.4 Å². The lowest BCUT2D eigenvalue weighted by atomic mass is 10.5. The number of thiophene rings is 1. The van der Waals surface area contributed by atoms with Crippen molar-refractivity contribution in [3.8, 4) is 0 Å². The fourth-order valence-corrected chi connectivity index (χ4v) is 3.56. The molecule has 2 heterocycles. The maximum atomic E-state index is 11.9. The van der Waals surface area contributed by atoms with E-state index >= 15 is 0 Å². The summed E-state index contributed by atoms with van der Waals surface area (Å²) >= 11 is 5.80. The molecule has 6 nitrogen and oxygen atoms in total. The zero-order valence-electron chi connectivity index (χ0n) is 8.99. The third-order valence-corrected chi connectivity index (χ3v) is 5.38. The van der Waals surface area contributed by atoms with Gasteiger partial charge in [0.15, 0.2) is 0 Å². The molecule has 0 aromatic carbocycles. The average molecular weight is 303 g/mol. The van der Waals surface area contributed by atoms with Crippen molar-refractivity contribution in [2.45, 2.75) is 10.8 Å². The van der Waals surface area contributed by atoms with Gasteiger partial charge in [-0.2, -0.15) is 0 Å². The summed E-state index contributed by atoms with van der Waals surface area (Å²) < 4.78 is 31.0. The summed E-state index contributed by atoms with van der Waals surface area (Å²) in [6.07, 6.45) is 1.37. The molecule has 0 saturated heterocycles. The smallest absolute Gasteiger partial charge is 0.250 e. The van der Waals surface area contributed by atoms with E-state index in [0.717, 1.165) is 11.3 Å². The minimum Gasteiger partial charge on any atom is -0.389 e. The van der Waals surface area contributed by atoms with Gasteiger partial charge in [-0.3, -0.25) is 0 Å². The number of rotatable bonds is 5. The molecule has 0 atom stereocenters. The van der Waals surface area contributed by atoms with Crippen LogP contribution in [0.25, 0.3) is 0 Å². The summed E-state index contributed by atoms with van der Waals surface area (Å²) in [6.45, 7) is 0.0686. The first-order chi connectivity index (χ1) is 8.49. The minimum atomic E-state index is -3.58. The molecular formula is C9H9N3O3S3. The lowest BCUT2D eigenvalue weighted by Crippen LogP contribution is -2.22. The van der Waals surface area contributed by atoms with Crippen LogP contribution in [-0.2, 0) is 16.6 Å². The van der Waals surface area contributed by atoms with E-state index < -0.39 is 10.0 Å². The van der Waals surface area contributed by atoms with Crippen LogP contribution in [0.3, 0.4) is 0 Å². The number of nitrogens with one attached hydrogen (secondary N) is 1. The van der Waals surface area contributed by atoms with Crippen LogP contribution in [0.2, 0.25) is 0 Å². The molecule has 2 aromatic heterocycles. The number of sulfonamides is 1. The Morgan fingerprint density at radius 3 is 2.83 bits per heavy atom. The van der Waals surface area contributed by atoms with Crippen LogP contribution >= 0.6 is 23.6 Å². The second-order valence-corrected chi connectivity index (χ2v) is 6.82. The molecular weight excluding hydrogens is 294 g/mol. The Hall–Kier alpha value is -1.29. The van der Waals surface area contributed by atoms with Crippen LogP contribution in [0.15, 0.2) is 33.2 Å². The molecule has 96 valence electrons. The highest BCUT2D eigenvalue weighted by atomic mass is 32.2. The number of thiocarbonyl (C=S) groups is 1. The van der Waals surface area contributed by atoms with Crippen molar-refractivity contribution >= 4 is 38.6 Å². The molecule has 9 heteroatoms. The van der Waals surface area contributed by atoms with E-state index in [-0.39, 0.29) is 15.7 Å². The third kappa shape index (κ3) is 2.93. The summed E-state index contributed by atoms with van der Waals surface area (Å²) in [4.78, 5) is 0.741. The van der Waals surface area contributed by atoms with Gasteiger partial charge in [-0.15, -0.1) is 11.3 Å². The van der Waals surface area contributed by atoms with Gasteiger partial charge >= 0.3 is 0 Å². The van der Waals surface area contributed by atoms with Gasteiger partial charge in [0.2, 0.25) is 10.0 Å². The van der Waals surface area contributed by atoms with Crippen LogP contribution in [0, 0.1) is 0 Å². The van der Waals surface area contributed by atoms with Crippen LogP contribution in [0.4, 0.5) is 0 Å². The highest BCUT2D eigenvalue weighted by Crippen LogP contribution is 2.21. The highest BCUT2D eigenvalue weighted by molar-refractivity contribution is 7.91. The predicted octanol–water partition coefficient (Wildman–Crippen LogP) is 0.849. The van der Waals surface area contributed by atoms with Crippen molar-refractivity contribution in [2.75, 3.05) is 0 Å². The van der Waals surface area contributed by atoms with E-state index in [1.165, 1.54) is 12.3 Å². The van der Waals surface area contributed by atoms with Crippen molar-refractivity contribution in [2.24, 2.45) is 5.73 Å². The monoisotopic (exact) mass is 303 g/mol. The number of aromatic nitrogens is 1. The van der Waals surface area contributed by atoms with E-state index in [2.05, 4.69) is 14.4 Å². The molecule has 0 unspecified atom stereocenters. The number of hydrogen-bond donors (Lipinski definition) is 2. The zero-order chi connectivity index (χ0) is 13.2. The third-order valence-electron chi connectivity index (χ3n) is 2.02. The molecule has 2 rings (SSSR count). The van der Waals surface area contributed by atoms with Crippen molar-refractivity contribution < 1.29 is 12.9 Å². The first-order valence-electron chi connectivity index (χ1n) is 4.77. The average Bonchev–Trinajstić information content (AvgIpc) is 2.98. The molecule has 3 N–H and O–H groups in total. The van der Waals surface area contributed by atoms with E-state index in [1.807, 2.05) is 0 Å². The normalized spacial score (nSPS) is 11.6. The van der Waals surface area contributed by atoms with Gasteiger partial charge in [-0.05, 0) is 12.1 Å². The maximum Gasteiger partial charge on any atom is 0.250 e. The summed E-state index contributed by atoms with van der Waals surface area (Å²) in [6, 6.07) is 4.62. The van der Waals surface area contributed by atoms with E-state index in [9.17, 15) is 8.42 Å². The Morgan fingerprint density at radius 2 is 2.28 bits per heavy atom. The minimum absolute atomic E-state index is 0.0686. The Kier molecular flexibility index (Phi) is 3.76. The maximum absolute atomic E-state index is 11.9. The largest absolute Gasteiger partial charge is 0.389 e. The summed E-state index contributed by atoms with van der Waals surface area (Å²) in [5.74, 6) is 0. The molecule has 0 amide bonds. The quantitative estimate of drug-likeness (QED) is 0.795. The topological polar surface area (TPSA) is 98.2 Å². The predicted molar refractivity (Wildman–Crippen MR) is 70.7 cm³/mol. The number of nitrogens with zero attached hydrogens (tertiary/aromatic N) is 1. The molecule has 0 spiro atoms. The van der Waals surface area contributed by atoms with Gasteiger partial charge in [0.1, 0.15) is 15.5 Å². The van der Waals surface area contributed by atoms with E-state index in [1.54, 1.807) is 12.1 Å². The Balaban J connectivity index is 2.12. The van der Waals surface area contributed by atoms with Gasteiger partial charge in [-0.25, -0.2) is 13.1 Å². The first kappa shape index (κ1) is 13.1. The van der Waals surface area contributed by atoms with Crippen LogP contribution in [-0.4, -0.2) is 18.6 Å². The van der Waals surface area contributed by atoms with Crippen molar-refractivity contribution in [1.29, 1.82) is 0 Å². The van der Waals surface area contributed by atoms with Gasteiger partial charge < -0.3 is 10.3 Å². The molecule has 0 bridgehead atoms. The van der Waals surface area contributed by atoms with Gasteiger partial charge in [0, 0.05) is 6.07 Å². The molecule has 0 aliphatic heterocycles.